The molecule has 2 aliphatic heterocycles. The standard InChI is InChI=1S/C18H27N3O.ClH/c1-14-9-15(2)12-21(11-14)18(22)13-20-8-7-19-10-16-5-3-4-6-17(16)20;/h3-6,14-15,19H,7-13H2,1-2H3;1H. The van der Waals surface area contributed by atoms with Crippen LogP contribution in [0, 0.1) is 11.8 Å². The number of carbonyl (C=O) groups is 1. The fourth-order valence-corrected chi connectivity index (χ4v) is 3.82. The van der Waals surface area contributed by atoms with Crippen LogP contribution in [0.25, 0.3) is 0 Å². The summed E-state index contributed by atoms with van der Waals surface area (Å²) in [5.41, 5.74) is 2.49. The van der Waals surface area contributed by atoms with Gasteiger partial charge < -0.3 is 15.1 Å². The fraction of sp³-hybridized carbons (Fsp3) is 0.611. The van der Waals surface area contributed by atoms with E-state index in [2.05, 4.69) is 53.2 Å². The minimum absolute atomic E-state index is 0. The SMILES string of the molecule is CC1CC(C)CN(C(=O)CN2CCNCc3ccccc32)C1.Cl. The average Bonchev–Trinajstić information content (AvgIpc) is 2.69. The van der Waals surface area contributed by atoms with E-state index in [1.807, 2.05) is 0 Å². The van der Waals surface area contributed by atoms with Crippen molar-refractivity contribution >= 4 is 24.0 Å². The van der Waals surface area contributed by atoms with Crippen molar-refractivity contribution in [3.05, 3.63) is 29.8 Å². The van der Waals surface area contributed by atoms with Gasteiger partial charge in [0.1, 0.15) is 0 Å². The zero-order valence-corrected chi connectivity index (χ0v) is 14.9. The zero-order chi connectivity index (χ0) is 15.5. The highest BCUT2D eigenvalue weighted by atomic mass is 35.5. The van der Waals surface area contributed by atoms with Gasteiger partial charge in [-0.1, -0.05) is 32.0 Å². The molecule has 0 radical (unpaired) electrons. The lowest BCUT2D eigenvalue weighted by Gasteiger charge is -2.36. The molecule has 1 amide bonds. The highest BCUT2D eigenvalue weighted by molar-refractivity contribution is 5.85. The number of piperidine rings is 1. The van der Waals surface area contributed by atoms with Crippen molar-refractivity contribution in [2.24, 2.45) is 11.8 Å². The molecule has 1 aromatic rings. The molecule has 1 N–H and O–H groups in total. The van der Waals surface area contributed by atoms with Gasteiger partial charge in [-0.05, 0) is 29.9 Å². The van der Waals surface area contributed by atoms with Crippen molar-refractivity contribution in [1.29, 1.82) is 0 Å². The molecule has 2 aliphatic rings. The number of benzene rings is 1. The highest BCUT2D eigenvalue weighted by Gasteiger charge is 2.27. The van der Waals surface area contributed by atoms with E-state index in [1.54, 1.807) is 0 Å². The first-order valence-corrected chi connectivity index (χ1v) is 8.45. The van der Waals surface area contributed by atoms with Crippen molar-refractivity contribution in [2.45, 2.75) is 26.8 Å². The molecule has 128 valence electrons. The number of amides is 1. The molecule has 2 atom stereocenters. The Morgan fingerprint density at radius 1 is 1.22 bits per heavy atom. The van der Waals surface area contributed by atoms with E-state index >= 15 is 0 Å². The second-order valence-electron chi connectivity index (χ2n) is 6.97. The van der Waals surface area contributed by atoms with Crippen LogP contribution >= 0.6 is 12.4 Å². The predicted octanol–water partition coefficient (Wildman–Crippen LogP) is 2.52. The number of likely N-dealkylation sites (tertiary alicyclic amines) is 1. The number of rotatable bonds is 2. The Balaban J connectivity index is 0.00000192. The smallest absolute Gasteiger partial charge is 0.242 e. The van der Waals surface area contributed by atoms with Gasteiger partial charge in [-0.15, -0.1) is 12.4 Å². The highest BCUT2D eigenvalue weighted by Crippen LogP contribution is 2.24. The van der Waals surface area contributed by atoms with Crippen LogP contribution in [0.2, 0.25) is 0 Å². The van der Waals surface area contributed by atoms with Crippen LogP contribution in [0.5, 0.6) is 0 Å². The van der Waals surface area contributed by atoms with Crippen molar-refractivity contribution in [1.82, 2.24) is 10.2 Å². The summed E-state index contributed by atoms with van der Waals surface area (Å²) in [7, 11) is 0. The molecular formula is C18H28ClN3O. The Labute approximate surface area is 145 Å². The molecule has 0 aliphatic carbocycles. The van der Waals surface area contributed by atoms with Crippen molar-refractivity contribution in [3.63, 3.8) is 0 Å². The van der Waals surface area contributed by atoms with E-state index in [1.165, 1.54) is 17.7 Å². The molecule has 3 rings (SSSR count). The molecule has 4 nitrogen and oxygen atoms in total. The maximum absolute atomic E-state index is 12.7. The van der Waals surface area contributed by atoms with E-state index in [0.29, 0.717) is 18.4 Å². The second kappa shape index (κ2) is 8.02. The number of halogens is 1. The summed E-state index contributed by atoms with van der Waals surface area (Å²) < 4.78 is 0. The van der Waals surface area contributed by atoms with Gasteiger partial charge in [-0.2, -0.15) is 0 Å². The average molecular weight is 338 g/mol. The van der Waals surface area contributed by atoms with Crippen molar-refractivity contribution in [2.75, 3.05) is 37.6 Å². The number of fused-ring (bicyclic) bond motifs is 1. The van der Waals surface area contributed by atoms with Gasteiger partial charge in [0.05, 0.1) is 6.54 Å². The van der Waals surface area contributed by atoms with Gasteiger partial charge in [0.15, 0.2) is 0 Å². The van der Waals surface area contributed by atoms with E-state index in [9.17, 15) is 4.79 Å². The topological polar surface area (TPSA) is 35.6 Å². The Bertz CT molecular complexity index is 527. The van der Waals surface area contributed by atoms with Crippen molar-refractivity contribution in [3.8, 4) is 0 Å². The summed E-state index contributed by atoms with van der Waals surface area (Å²) in [5.74, 6) is 1.51. The molecule has 1 fully saturated rings. The van der Waals surface area contributed by atoms with Crippen LogP contribution < -0.4 is 10.2 Å². The van der Waals surface area contributed by atoms with Gasteiger partial charge in [0.25, 0.3) is 0 Å². The Morgan fingerprint density at radius 3 is 2.65 bits per heavy atom. The monoisotopic (exact) mass is 337 g/mol. The van der Waals surface area contributed by atoms with Crippen molar-refractivity contribution < 1.29 is 4.79 Å². The molecule has 0 spiro atoms. The number of nitrogens with zero attached hydrogens (tertiary/aromatic N) is 2. The summed E-state index contributed by atoms with van der Waals surface area (Å²) in [6.07, 6.45) is 1.24. The first kappa shape index (κ1) is 18.1. The third-order valence-corrected chi connectivity index (χ3v) is 4.75. The van der Waals surface area contributed by atoms with Crippen LogP contribution in [0.4, 0.5) is 5.69 Å². The third-order valence-electron chi connectivity index (χ3n) is 4.75. The molecular weight excluding hydrogens is 310 g/mol. The lowest BCUT2D eigenvalue weighted by atomic mass is 9.92. The van der Waals surface area contributed by atoms with Crippen LogP contribution in [-0.2, 0) is 11.3 Å². The number of para-hydroxylation sites is 1. The predicted molar refractivity (Wildman–Crippen MR) is 97.1 cm³/mol. The Morgan fingerprint density at radius 2 is 1.91 bits per heavy atom. The van der Waals surface area contributed by atoms with Gasteiger partial charge in [-0.25, -0.2) is 0 Å². The van der Waals surface area contributed by atoms with Gasteiger partial charge in [0, 0.05) is 38.4 Å². The summed E-state index contributed by atoms with van der Waals surface area (Å²) in [5, 5.41) is 3.43. The maximum atomic E-state index is 12.7. The number of carbonyl (C=O) groups excluding carboxylic acids is 1. The van der Waals surface area contributed by atoms with Gasteiger partial charge >= 0.3 is 0 Å². The first-order chi connectivity index (χ1) is 10.6. The Kier molecular flexibility index (Phi) is 6.31. The quantitative estimate of drug-likeness (QED) is 0.900. The van der Waals surface area contributed by atoms with E-state index in [0.717, 1.165) is 32.7 Å². The molecule has 23 heavy (non-hydrogen) atoms. The largest absolute Gasteiger partial charge is 0.361 e. The van der Waals surface area contributed by atoms with E-state index in [-0.39, 0.29) is 18.3 Å². The molecule has 5 heteroatoms. The molecule has 1 saturated heterocycles. The lowest BCUT2D eigenvalue weighted by Crippen LogP contribution is -2.47. The number of hydrogen-bond acceptors (Lipinski definition) is 3. The molecule has 0 bridgehead atoms. The normalized spacial score (nSPS) is 24.4. The summed E-state index contributed by atoms with van der Waals surface area (Å²) in [6.45, 7) is 9.53. The van der Waals surface area contributed by atoms with E-state index in [4.69, 9.17) is 0 Å². The van der Waals surface area contributed by atoms with E-state index < -0.39 is 0 Å². The fourth-order valence-electron chi connectivity index (χ4n) is 3.82. The van der Waals surface area contributed by atoms with Crippen LogP contribution in [-0.4, -0.2) is 43.5 Å². The number of hydrogen-bond donors (Lipinski definition) is 1. The molecule has 0 saturated carbocycles. The lowest BCUT2D eigenvalue weighted by molar-refractivity contribution is -0.132. The maximum Gasteiger partial charge on any atom is 0.242 e. The van der Waals surface area contributed by atoms with Crippen LogP contribution in [0.3, 0.4) is 0 Å². The number of anilines is 1. The zero-order valence-electron chi connectivity index (χ0n) is 14.1. The van der Waals surface area contributed by atoms with Crippen LogP contribution in [0.1, 0.15) is 25.8 Å². The summed E-state index contributed by atoms with van der Waals surface area (Å²) in [6, 6.07) is 8.42. The first-order valence-electron chi connectivity index (χ1n) is 8.45. The third kappa shape index (κ3) is 4.39. The Hall–Kier alpha value is -1.26. The van der Waals surface area contributed by atoms with Crippen LogP contribution in [0.15, 0.2) is 24.3 Å². The summed E-state index contributed by atoms with van der Waals surface area (Å²) >= 11 is 0. The van der Waals surface area contributed by atoms with Gasteiger partial charge in [-0.3, -0.25) is 4.79 Å². The molecule has 1 aromatic carbocycles. The molecule has 0 aromatic heterocycles. The summed E-state index contributed by atoms with van der Waals surface area (Å²) in [4.78, 5) is 17.1. The minimum atomic E-state index is 0. The van der Waals surface area contributed by atoms with Gasteiger partial charge in [0.2, 0.25) is 5.91 Å². The number of nitrogens with one attached hydrogen (secondary N) is 1. The minimum Gasteiger partial charge on any atom is -0.361 e. The molecule has 2 unspecified atom stereocenters. The second-order valence-corrected chi connectivity index (χ2v) is 6.97. The molecule has 2 heterocycles.